The van der Waals surface area contributed by atoms with Crippen LogP contribution in [0.25, 0.3) is 0 Å². The molecule has 0 aromatic carbocycles. The number of rotatable bonds is 50. The van der Waals surface area contributed by atoms with Crippen LogP contribution < -0.4 is 5.32 Å². The van der Waals surface area contributed by atoms with Crippen LogP contribution in [0.3, 0.4) is 0 Å². The third kappa shape index (κ3) is 44.9. The first-order chi connectivity index (χ1) is 30.5. The Kier molecular flexibility index (Phi) is 49.0. The number of carbonyl (C=O) groups excluding carboxylic acids is 2. The van der Waals surface area contributed by atoms with E-state index in [0.717, 1.165) is 51.4 Å². The molecule has 0 aliphatic carbocycles. The van der Waals surface area contributed by atoms with Gasteiger partial charge in [-0.1, -0.05) is 257 Å². The van der Waals surface area contributed by atoms with Crippen molar-refractivity contribution in [2.45, 2.75) is 315 Å². The molecule has 0 saturated heterocycles. The second-order valence-corrected chi connectivity index (χ2v) is 19.0. The van der Waals surface area contributed by atoms with Crippen molar-refractivity contribution >= 4 is 11.9 Å². The van der Waals surface area contributed by atoms with Crippen LogP contribution in [-0.2, 0) is 14.3 Å². The lowest BCUT2D eigenvalue weighted by Gasteiger charge is -2.24. The predicted octanol–water partition coefficient (Wildman–Crippen LogP) is 16.7. The molecule has 62 heavy (non-hydrogen) atoms. The minimum absolute atomic E-state index is 0.0785. The smallest absolute Gasteiger partial charge is 0.306 e. The van der Waals surface area contributed by atoms with Crippen molar-refractivity contribution in [3.63, 3.8) is 0 Å². The normalized spacial score (nSPS) is 13.3. The molecule has 0 spiro atoms. The molecule has 0 radical (unpaired) electrons. The van der Waals surface area contributed by atoms with E-state index in [-0.39, 0.29) is 24.9 Å². The first kappa shape index (κ1) is 60.3. The number of hydrogen-bond acceptors (Lipinski definition) is 5. The number of hydrogen-bond donors (Lipinski definition) is 3. The van der Waals surface area contributed by atoms with E-state index in [0.29, 0.717) is 19.3 Å². The van der Waals surface area contributed by atoms with Gasteiger partial charge in [-0.25, -0.2) is 0 Å². The minimum Gasteiger partial charge on any atom is -0.462 e. The molecule has 6 heteroatoms. The Hall–Kier alpha value is -1.66. The Labute approximate surface area is 386 Å². The van der Waals surface area contributed by atoms with E-state index in [1.165, 1.54) is 199 Å². The zero-order valence-electron chi connectivity index (χ0n) is 41.8. The summed E-state index contributed by atoms with van der Waals surface area (Å²) in [7, 11) is 0. The second kappa shape index (κ2) is 50.3. The van der Waals surface area contributed by atoms with Gasteiger partial charge >= 0.3 is 5.97 Å². The van der Waals surface area contributed by atoms with Gasteiger partial charge < -0.3 is 20.3 Å². The number of esters is 1. The quantitative estimate of drug-likeness (QED) is 0.0321. The van der Waals surface area contributed by atoms with Crippen molar-refractivity contribution in [1.29, 1.82) is 0 Å². The van der Waals surface area contributed by atoms with Gasteiger partial charge in [0, 0.05) is 6.42 Å². The largest absolute Gasteiger partial charge is 0.462 e. The molecule has 366 valence electrons. The van der Waals surface area contributed by atoms with Crippen LogP contribution in [-0.4, -0.2) is 46.9 Å². The predicted molar refractivity (Wildman–Crippen MR) is 269 cm³/mol. The van der Waals surface area contributed by atoms with Crippen molar-refractivity contribution in [3.8, 4) is 0 Å². The van der Waals surface area contributed by atoms with Crippen LogP contribution >= 0.6 is 0 Å². The van der Waals surface area contributed by atoms with E-state index in [1.54, 1.807) is 0 Å². The van der Waals surface area contributed by atoms with E-state index in [9.17, 15) is 19.8 Å². The number of unbranched alkanes of at least 4 members (excludes halogenated alkanes) is 35. The molecular formula is C56H107NO5. The Morgan fingerprint density at radius 1 is 0.468 bits per heavy atom. The van der Waals surface area contributed by atoms with Gasteiger partial charge in [0.15, 0.2) is 0 Å². The van der Waals surface area contributed by atoms with Gasteiger partial charge in [-0.05, 0) is 51.4 Å². The highest BCUT2D eigenvalue weighted by Crippen LogP contribution is 2.19. The number of aliphatic hydroxyl groups is 2. The lowest BCUT2D eigenvalue weighted by molar-refractivity contribution is -0.151. The molecule has 0 rings (SSSR count). The molecule has 0 saturated carbocycles. The topological polar surface area (TPSA) is 95.9 Å². The summed E-state index contributed by atoms with van der Waals surface area (Å²) in [5, 5.41) is 23.8. The number of nitrogens with one attached hydrogen (secondary N) is 1. The molecule has 0 bridgehead atoms. The van der Waals surface area contributed by atoms with Crippen molar-refractivity contribution in [2.24, 2.45) is 0 Å². The van der Waals surface area contributed by atoms with E-state index < -0.39 is 18.2 Å². The maximum absolute atomic E-state index is 13.2. The zero-order valence-corrected chi connectivity index (χ0v) is 41.8. The Morgan fingerprint density at radius 2 is 0.806 bits per heavy atom. The number of allylic oxidation sites excluding steroid dienone is 4. The van der Waals surface area contributed by atoms with Crippen LogP contribution in [0.2, 0.25) is 0 Å². The molecule has 0 heterocycles. The summed E-state index contributed by atoms with van der Waals surface area (Å²) in [5.74, 6) is -0.471. The van der Waals surface area contributed by atoms with Crippen molar-refractivity contribution in [1.82, 2.24) is 5.32 Å². The summed E-state index contributed by atoms with van der Waals surface area (Å²) >= 11 is 0. The van der Waals surface area contributed by atoms with Crippen molar-refractivity contribution in [3.05, 3.63) is 24.3 Å². The molecule has 0 aromatic rings. The molecule has 3 unspecified atom stereocenters. The number of amides is 1. The van der Waals surface area contributed by atoms with E-state index >= 15 is 0 Å². The highest BCUT2D eigenvalue weighted by molar-refractivity contribution is 5.77. The highest BCUT2D eigenvalue weighted by atomic mass is 16.5. The average molecular weight is 874 g/mol. The second-order valence-electron chi connectivity index (χ2n) is 19.0. The first-order valence-corrected chi connectivity index (χ1v) is 27.6. The van der Waals surface area contributed by atoms with Crippen molar-refractivity contribution < 1.29 is 24.5 Å². The standard InChI is InChI=1S/C56H107NO5/c1-4-7-10-13-16-19-22-25-27-29-30-33-36-39-42-45-48-54(59)53(51-58)57-55(60)50-52(47-44-41-38-35-32-24-21-18-15-12-9-6-3)62-56(61)49-46-43-40-37-34-31-28-26-23-20-17-14-11-8-5-2/h17,20,23,26,52-54,58-59H,4-16,18-19,21-22,24-25,27-51H2,1-3H3,(H,57,60)/b20-17+,26-23+. The van der Waals surface area contributed by atoms with Crippen LogP contribution in [0.4, 0.5) is 0 Å². The Bertz CT molecular complexity index is 981. The molecule has 0 aromatic heterocycles. The molecule has 6 nitrogen and oxygen atoms in total. The van der Waals surface area contributed by atoms with Gasteiger partial charge in [0.1, 0.15) is 6.10 Å². The number of carbonyl (C=O) groups is 2. The Morgan fingerprint density at radius 3 is 1.23 bits per heavy atom. The summed E-state index contributed by atoms with van der Waals surface area (Å²) in [5.41, 5.74) is 0. The fourth-order valence-corrected chi connectivity index (χ4v) is 8.60. The van der Waals surface area contributed by atoms with Gasteiger partial charge in [0.25, 0.3) is 0 Å². The highest BCUT2D eigenvalue weighted by Gasteiger charge is 2.24. The molecule has 0 fully saturated rings. The van der Waals surface area contributed by atoms with Gasteiger partial charge in [0.2, 0.25) is 5.91 Å². The Balaban J connectivity index is 4.49. The van der Waals surface area contributed by atoms with E-state index in [4.69, 9.17) is 4.74 Å². The fourth-order valence-electron chi connectivity index (χ4n) is 8.60. The molecule has 3 atom stereocenters. The monoisotopic (exact) mass is 874 g/mol. The average Bonchev–Trinajstić information content (AvgIpc) is 3.26. The molecule has 0 aliphatic rings. The van der Waals surface area contributed by atoms with Crippen LogP contribution in [0.5, 0.6) is 0 Å². The summed E-state index contributed by atoms with van der Waals surface area (Å²) in [6.07, 6.45) is 58.1. The number of ether oxygens (including phenoxy) is 1. The lowest BCUT2D eigenvalue weighted by atomic mass is 10.0. The van der Waals surface area contributed by atoms with Crippen LogP contribution in [0, 0.1) is 0 Å². The third-order valence-electron chi connectivity index (χ3n) is 12.8. The zero-order chi connectivity index (χ0) is 45.2. The van der Waals surface area contributed by atoms with Gasteiger partial charge in [0.05, 0.1) is 25.2 Å². The summed E-state index contributed by atoms with van der Waals surface area (Å²) in [6.45, 7) is 6.48. The molecule has 0 aliphatic heterocycles. The first-order valence-electron chi connectivity index (χ1n) is 27.6. The van der Waals surface area contributed by atoms with Crippen LogP contribution in [0.1, 0.15) is 297 Å². The lowest BCUT2D eigenvalue weighted by Crippen LogP contribution is -2.46. The van der Waals surface area contributed by atoms with Gasteiger partial charge in [-0.2, -0.15) is 0 Å². The fraction of sp³-hybridized carbons (Fsp3) is 0.893. The molecule has 1 amide bonds. The SMILES string of the molecule is CCCCC/C=C/C=C/CCCCCCCCC(=O)OC(CCCCCCCCCCCCCC)CC(=O)NC(CO)C(O)CCCCCCCCCCCCCCCCCC. The van der Waals surface area contributed by atoms with Gasteiger partial charge in [-0.3, -0.25) is 9.59 Å². The third-order valence-corrected chi connectivity index (χ3v) is 12.8. The maximum atomic E-state index is 13.2. The van der Waals surface area contributed by atoms with Crippen molar-refractivity contribution in [2.75, 3.05) is 6.61 Å². The number of aliphatic hydroxyl groups excluding tert-OH is 2. The maximum Gasteiger partial charge on any atom is 0.306 e. The molecular weight excluding hydrogens is 767 g/mol. The van der Waals surface area contributed by atoms with Gasteiger partial charge in [-0.15, -0.1) is 0 Å². The summed E-state index contributed by atoms with van der Waals surface area (Å²) < 4.78 is 5.94. The molecule has 3 N–H and O–H groups in total. The van der Waals surface area contributed by atoms with E-state index in [2.05, 4.69) is 50.4 Å². The van der Waals surface area contributed by atoms with Crippen LogP contribution in [0.15, 0.2) is 24.3 Å². The summed E-state index contributed by atoms with van der Waals surface area (Å²) in [6, 6.07) is -0.699. The summed E-state index contributed by atoms with van der Waals surface area (Å²) in [4.78, 5) is 26.2. The van der Waals surface area contributed by atoms with E-state index in [1.807, 2.05) is 0 Å². The minimum atomic E-state index is -0.785.